The Hall–Kier alpha value is -1.05. The molecule has 1 amide bonds. The number of amides is 1. The van der Waals surface area contributed by atoms with Gasteiger partial charge in [-0.15, -0.1) is 6.42 Å². The van der Waals surface area contributed by atoms with E-state index in [4.69, 9.17) is 6.42 Å². The highest BCUT2D eigenvalue weighted by Crippen LogP contribution is 2.24. The molecule has 94 valence electrons. The Labute approximate surface area is 103 Å². The molecule has 0 radical (unpaired) electrons. The summed E-state index contributed by atoms with van der Waals surface area (Å²) in [6, 6.07) is 1.12. The Morgan fingerprint density at radius 1 is 1.53 bits per heavy atom. The molecule has 1 N–H and O–H groups in total. The summed E-state index contributed by atoms with van der Waals surface area (Å²) in [6.45, 7) is 6.34. The van der Waals surface area contributed by atoms with E-state index in [2.05, 4.69) is 28.0 Å². The number of nitrogens with zero attached hydrogens (tertiary/aromatic N) is 2. The maximum Gasteiger partial charge on any atom is 0.234 e. The predicted octanol–water partition coefficient (Wildman–Crippen LogP) is -0.0957. The summed E-state index contributed by atoms with van der Waals surface area (Å²) in [4.78, 5) is 16.5. The van der Waals surface area contributed by atoms with Gasteiger partial charge >= 0.3 is 0 Å². The van der Waals surface area contributed by atoms with Gasteiger partial charge in [-0.1, -0.05) is 5.92 Å². The zero-order valence-corrected chi connectivity index (χ0v) is 10.5. The molecule has 0 aromatic rings. The molecule has 17 heavy (non-hydrogen) atoms. The Morgan fingerprint density at radius 2 is 2.35 bits per heavy atom. The van der Waals surface area contributed by atoms with Crippen molar-refractivity contribution in [3.8, 4) is 12.3 Å². The number of hydrogen-bond acceptors (Lipinski definition) is 3. The van der Waals surface area contributed by atoms with Crippen molar-refractivity contribution in [1.82, 2.24) is 15.1 Å². The van der Waals surface area contributed by atoms with E-state index in [0.717, 1.165) is 13.1 Å². The highest BCUT2D eigenvalue weighted by Gasteiger charge is 2.34. The normalized spacial score (nSPS) is 29.6. The van der Waals surface area contributed by atoms with E-state index in [9.17, 15) is 4.79 Å². The third-order valence-electron chi connectivity index (χ3n) is 3.80. The molecule has 0 aliphatic carbocycles. The molecular formula is C13H21N3O. The van der Waals surface area contributed by atoms with E-state index in [-0.39, 0.29) is 5.91 Å². The van der Waals surface area contributed by atoms with E-state index in [1.54, 1.807) is 0 Å². The van der Waals surface area contributed by atoms with Crippen LogP contribution in [0.15, 0.2) is 0 Å². The highest BCUT2D eigenvalue weighted by atomic mass is 16.2. The monoisotopic (exact) mass is 235 g/mol. The fourth-order valence-corrected chi connectivity index (χ4v) is 2.86. The number of terminal acetylenes is 1. The van der Waals surface area contributed by atoms with Crippen LogP contribution in [0.3, 0.4) is 0 Å². The minimum atomic E-state index is 0.0428. The second-order valence-electron chi connectivity index (χ2n) is 5.05. The lowest BCUT2D eigenvalue weighted by Crippen LogP contribution is -2.56. The van der Waals surface area contributed by atoms with Crippen molar-refractivity contribution in [2.24, 2.45) is 0 Å². The first-order chi connectivity index (χ1) is 8.20. The van der Waals surface area contributed by atoms with Crippen molar-refractivity contribution < 1.29 is 4.79 Å². The van der Waals surface area contributed by atoms with E-state index in [1.165, 1.54) is 19.4 Å². The largest absolute Gasteiger partial charge is 0.344 e. The molecule has 2 saturated heterocycles. The Kier molecular flexibility index (Phi) is 4.03. The molecule has 2 heterocycles. The molecule has 0 aromatic heterocycles. The molecule has 4 heteroatoms. The zero-order chi connectivity index (χ0) is 12.3. The van der Waals surface area contributed by atoms with Gasteiger partial charge in [0.15, 0.2) is 0 Å². The van der Waals surface area contributed by atoms with Crippen molar-refractivity contribution in [2.75, 3.05) is 32.7 Å². The van der Waals surface area contributed by atoms with Gasteiger partial charge in [0, 0.05) is 25.2 Å². The molecule has 4 nitrogen and oxygen atoms in total. The number of carbonyl (C=O) groups excluding carboxylic acids is 1. The number of rotatable bonds is 3. The van der Waals surface area contributed by atoms with Crippen molar-refractivity contribution in [2.45, 2.75) is 31.8 Å². The molecule has 2 aliphatic heterocycles. The first kappa shape index (κ1) is 12.4. The molecule has 2 fully saturated rings. The van der Waals surface area contributed by atoms with Gasteiger partial charge in [-0.05, 0) is 26.3 Å². The lowest BCUT2D eigenvalue weighted by atomic mass is 10.1. The van der Waals surface area contributed by atoms with Crippen LogP contribution in [0.25, 0.3) is 0 Å². The average Bonchev–Trinajstić information content (AvgIpc) is 2.74. The van der Waals surface area contributed by atoms with Crippen LogP contribution in [0.1, 0.15) is 19.8 Å². The third-order valence-corrected chi connectivity index (χ3v) is 3.80. The number of nitrogens with one attached hydrogen (secondary N) is 1. The topological polar surface area (TPSA) is 35.6 Å². The number of carbonyl (C=O) groups is 1. The summed E-state index contributed by atoms with van der Waals surface area (Å²) in [5, 5.41) is 2.73. The summed E-state index contributed by atoms with van der Waals surface area (Å²) in [6.07, 6.45) is 7.70. The third kappa shape index (κ3) is 2.99. The van der Waals surface area contributed by atoms with Gasteiger partial charge in [-0.3, -0.25) is 14.6 Å². The summed E-state index contributed by atoms with van der Waals surface area (Å²) < 4.78 is 0. The fraction of sp³-hybridized carbons (Fsp3) is 0.769. The maximum absolute atomic E-state index is 11.6. The van der Waals surface area contributed by atoms with E-state index in [1.807, 2.05) is 0 Å². The van der Waals surface area contributed by atoms with E-state index >= 15 is 0 Å². The number of hydrogen-bond donors (Lipinski definition) is 1. The highest BCUT2D eigenvalue weighted by molar-refractivity contribution is 5.78. The van der Waals surface area contributed by atoms with Gasteiger partial charge in [0.25, 0.3) is 0 Å². The zero-order valence-electron chi connectivity index (χ0n) is 10.5. The first-order valence-corrected chi connectivity index (χ1v) is 6.39. The second kappa shape index (κ2) is 5.52. The van der Waals surface area contributed by atoms with E-state index < -0.39 is 0 Å². The Bertz CT molecular complexity index is 323. The fourth-order valence-electron chi connectivity index (χ4n) is 2.86. The van der Waals surface area contributed by atoms with Crippen LogP contribution in [0.4, 0.5) is 0 Å². The lowest BCUT2D eigenvalue weighted by Gasteiger charge is -2.41. The molecule has 0 bridgehead atoms. The standard InChI is InChI=1S/C13H21N3O/c1-3-6-14-13(17)10-16-9-12-5-4-7-15(12)8-11(16)2/h1,11-12H,4-10H2,2H3,(H,14,17). The molecule has 2 unspecified atom stereocenters. The van der Waals surface area contributed by atoms with Gasteiger partial charge in [-0.25, -0.2) is 0 Å². The van der Waals surface area contributed by atoms with Crippen molar-refractivity contribution in [3.05, 3.63) is 0 Å². The minimum Gasteiger partial charge on any atom is -0.344 e. The number of piperazine rings is 1. The van der Waals surface area contributed by atoms with Crippen LogP contribution >= 0.6 is 0 Å². The molecule has 0 aromatic carbocycles. The van der Waals surface area contributed by atoms with Gasteiger partial charge < -0.3 is 5.32 Å². The van der Waals surface area contributed by atoms with Gasteiger partial charge in [0.1, 0.15) is 0 Å². The molecule has 0 spiro atoms. The smallest absolute Gasteiger partial charge is 0.234 e. The van der Waals surface area contributed by atoms with Gasteiger partial charge in [-0.2, -0.15) is 0 Å². The van der Waals surface area contributed by atoms with Crippen LogP contribution in [0.2, 0.25) is 0 Å². The number of fused-ring (bicyclic) bond motifs is 1. The first-order valence-electron chi connectivity index (χ1n) is 6.39. The molecule has 2 rings (SSSR count). The quantitative estimate of drug-likeness (QED) is 0.694. The Morgan fingerprint density at radius 3 is 3.12 bits per heavy atom. The van der Waals surface area contributed by atoms with Crippen LogP contribution < -0.4 is 5.32 Å². The van der Waals surface area contributed by atoms with E-state index in [0.29, 0.717) is 25.2 Å². The van der Waals surface area contributed by atoms with Gasteiger partial charge in [0.2, 0.25) is 5.91 Å². The van der Waals surface area contributed by atoms with Crippen LogP contribution in [0, 0.1) is 12.3 Å². The average molecular weight is 235 g/mol. The predicted molar refractivity (Wildman–Crippen MR) is 67.5 cm³/mol. The van der Waals surface area contributed by atoms with Gasteiger partial charge in [0.05, 0.1) is 13.1 Å². The molecule has 2 atom stereocenters. The maximum atomic E-state index is 11.6. The minimum absolute atomic E-state index is 0.0428. The Balaban J connectivity index is 1.84. The molecule has 0 saturated carbocycles. The van der Waals surface area contributed by atoms with Crippen molar-refractivity contribution in [1.29, 1.82) is 0 Å². The molecular weight excluding hydrogens is 214 g/mol. The molecule has 2 aliphatic rings. The summed E-state index contributed by atoms with van der Waals surface area (Å²) in [5.74, 6) is 2.47. The van der Waals surface area contributed by atoms with Crippen LogP contribution in [0.5, 0.6) is 0 Å². The second-order valence-corrected chi connectivity index (χ2v) is 5.05. The summed E-state index contributed by atoms with van der Waals surface area (Å²) >= 11 is 0. The SMILES string of the molecule is C#CCNC(=O)CN1CC2CCCN2CC1C. The summed E-state index contributed by atoms with van der Waals surface area (Å²) in [7, 11) is 0. The van der Waals surface area contributed by atoms with Crippen LogP contribution in [-0.4, -0.2) is 60.5 Å². The van der Waals surface area contributed by atoms with Crippen molar-refractivity contribution in [3.63, 3.8) is 0 Å². The van der Waals surface area contributed by atoms with Crippen molar-refractivity contribution >= 4 is 5.91 Å². The summed E-state index contributed by atoms with van der Waals surface area (Å²) in [5.41, 5.74) is 0. The lowest BCUT2D eigenvalue weighted by molar-refractivity contribution is -0.123. The van der Waals surface area contributed by atoms with Crippen LogP contribution in [-0.2, 0) is 4.79 Å².